The molecule has 32 heavy (non-hydrogen) atoms. The molecule has 4 N–H and O–H groups in total. The van der Waals surface area contributed by atoms with Gasteiger partial charge in [0.05, 0.1) is 0 Å². The molecular formula is C23H40O7P2. The first kappa shape index (κ1) is 32.9. The fourth-order valence-electron chi connectivity index (χ4n) is 1.88. The highest BCUT2D eigenvalue weighted by molar-refractivity contribution is 7.51. The largest absolute Gasteiger partial charge is 0.469 e. The summed E-state index contributed by atoms with van der Waals surface area (Å²) in [7, 11) is -6.85. The number of phosphoric acid groups is 1. The number of hydrogen-bond donors (Lipinski definition) is 4. The first-order valence-electron chi connectivity index (χ1n) is 10.1. The van der Waals surface area contributed by atoms with Crippen LogP contribution in [0.1, 0.15) is 59.6 Å². The Morgan fingerprint density at radius 1 is 0.688 bits per heavy atom. The Bertz CT molecular complexity index is 743. The molecule has 9 heteroatoms. The van der Waals surface area contributed by atoms with Gasteiger partial charge in [-0.2, -0.15) is 0 Å². The van der Waals surface area contributed by atoms with Crippen molar-refractivity contribution in [2.75, 3.05) is 13.3 Å². The smallest absolute Gasteiger partial charge is 0.324 e. The minimum atomic E-state index is -4.15. The highest BCUT2D eigenvalue weighted by atomic mass is 31.2. The van der Waals surface area contributed by atoms with Crippen molar-refractivity contribution >= 4 is 15.4 Å². The predicted molar refractivity (Wildman–Crippen MR) is 132 cm³/mol. The number of rotatable bonds is 2. The van der Waals surface area contributed by atoms with E-state index in [-0.39, 0.29) is 6.16 Å². The van der Waals surface area contributed by atoms with Gasteiger partial charge in [0.25, 0.3) is 0 Å². The van der Waals surface area contributed by atoms with E-state index in [0.717, 1.165) is 7.11 Å². The van der Waals surface area contributed by atoms with Gasteiger partial charge in [0.2, 0.25) is 0 Å². The van der Waals surface area contributed by atoms with Gasteiger partial charge in [0, 0.05) is 13.3 Å². The van der Waals surface area contributed by atoms with E-state index in [2.05, 4.69) is 107 Å². The van der Waals surface area contributed by atoms with E-state index in [9.17, 15) is 9.13 Å². The van der Waals surface area contributed by atoms with Crippen LogP contribution in [0.3, 0.4) is 0 Å². The Hall–Kier alpha value is -1.30. The Labute approximate surface area is 193 Å². The van der Waals surface area contributed by atoms with Crippen molar-refractivity contribution in [3.8, 4) is 0 Å². The monoisotopic (exact) mass is 490 g/mol. The molecule has 0 aliphatic rings. The van der Waals surface area contributed by atoms with E-state index in [0.29, 0.717) is 10.8 Å². The Kier molecular flexibility index (Phi) is 15.2. The average molecular weight is 491 g/mol. The van der Waals surface area contributed by atoms with Crippen molar-refractivity contribution in [3.05, 3.63) is 71.8 Å². The molecule has 0 unspecified atom stereocenters. The fourth-order valence-corrected chi connectivity index (χ4v) is 1.88. The summed E-state index contributed by atoms with van der Waals surface area (Å²) >= 11 is 0. The van der Waals surface area contributed by atoms with Gasteiger partial charge in [-0.3, -0.25) is 9.09 Å². The Morgan fingerprint density at radius 2 is 0.906 bits per heavy atom. The molecule has 2 aromatic carbocycles. The molecule has 0 bridgehead atoms. The van der Waals surface area contributed by atoms with Crippen molar-refractivity contribution in [1.29, 1.82) is 0 Å². The summed E-state index contributed by atoms with van der Waals surface area (Å²) in [6, 6.07) is 21.1. The molecule has 2 rings (SSSR count). The third-order valence-corrected chi connectivity index (χ3v) is 5.23. The molecular weight excluding hydrogens is 450 g/mol. The van der Waals surface area contributed by atoms with Crippen molar-refractivity contribution in [2.24, 2.45) is 0 Å². The molecule has 7 nitrogen and oxygen atoms in total. The van der Waals surface area contributed by atoms with Crippen LogP contribution in [-0.2, 0) is 24.5 Å². The van der Waals surface area contributed by atoms with Crippen molar-refractivity contribution in [1.82, 2.24) is 0 Å². The van der Waals surface area contributed by atoms with Crippen LogP contribution in [0.4, 0.5) is 0 Å². The van der Waals surface area contributed by atoms with Crippen molar-refractivity contribution < 1.29 is 33.2 Å². The van der Waals surface area contributed by atoms with Crippen LogP contribution < -0.4 is 0 Å². The number of benzene rings is 2. The second kappa shape index (κ2) is 14.8. The molecule has 0 amide bonds. The highest BCUT2D eigenvalue weighted by Gasteiger charge is 2.12. The molecule has 0 spiro atoms. The van der Waals surface area contributed by atoms with Crippen LogP contribution in [0.25, 0.3) is 0 Å². The molecule has 0 atom stereocenters. The summed E-state index contributed by atoms with van der Waals surface area (Å²) in [4.78, 5) is 31.3. The lowest BCUT2D eigenvalue weighted by Crippen LogP contribution is -2.10. The molecule has 0 radical (unpaired) electrons. The quantitative estimate of drug-likeness (QED) is 0.388. The summed E-state index contributed by atoms with van der Waals surface area (Å²) in [6.45, 7) is 14.8. The second-order valence-corrected chi connectivity index (χ2v) is 12.2. The first-order chi connectivity index (χ1) is 14.3. The summed E-state index contributed by atoms with van der Waals surface area (Å²) in [6.07, 6.45) is -0.0625. The summed E-state index contributed by atoms with van der Waals surface area (Å²) in [5, 5.41) is 0. The third kappa shape index (κ3) is 20.6. The van der Waals surface area contributed by atoms with Crippen LogP contribution in [0.5, 0.6) is 0 Å². The van der Waals surface area contributed by atoms with Gasteiger partial charge in [-0.1, -0.05) is 109 Å². The van der Waals surface area contributed by atoms with Gasteiger partial charge in [-0.25, -0.2) is 4.57 Å². The maximum atomic E-state index is 9.69. The standard InChI is InChI=1S/2C10H14.C2H7O3P.CH5O4P/c2*1-10(2,3)9-7-5-4-6-8-9;1-2-6(3,4)5;1-5-6(2,3)4/h2*4-8H,1-3H3;2H2,1H3,(H2,3,4,5);1H3,(H2,2,3,4). The molecule has 0 saturated carbocycles. The summed E-state index contributed by atoms with van der Waals surface area (Å²) < 4.78 is 22.8. The van der Waals surface area contributed by atoms with E-state index in [1.165, 1.54) is 18.1 Å². The first-order valence-corrected chi connectivity index (χ1v) is 13.4. The highest BCUT2D eigenvalue weighted by Crippen LogP contribution is 2.33. The second-order valence-electron chi connectivity index (χ2n) is 8.89. The normalized spacial score (nSPS) is 11.6. The van der Waals surface area contributed by atoms with Crippen LogP contribution in [0.2, 0.25) is 0 Å². The van der Waals surface area contributed by atoms with E-state index in [1.54, 1.807) is 0 Å². The minimum Gasteiger partial charge on any atom is -0.324 e. The van der Waals surface area contributed by atoms with Gasteiger partial charge < -0.3 is 19.6 Å². The Morgan fingerprint density at radius 3 is 1.00 bits per heavy atom. The molecule has 184 valence electrons. The molecule has 2 aromatic rings. The van der Waals surface area contributed by atoms with Crippen molar-refractivity contribution in [3.63, 3.8) is 0 Å². The molecule has 0 saturated heterocycles. The zero-order valence-corrected chi connectivity index (χ0v) is 22.2. The van der Waals surface area contributed by atoms with Gasteiger partial charge in [-0.05, 0) is 22.0 Å². The lowest BCUT2D eigenvalue weighted by Gasteiger charge is -2.18. The maximum Gasteiger partial charge on any atom is 0.469 e. The topological polar surface area (TPSA) is 124 Å². The van der Waals surface area contributed by atoms with E-state index >= 15 is 0 Å². The third-order valence-electron chi connectivity index (χ3n) is 3.93. The lowest BCUT2D eigenvalue weighted by atomic mass is 9.87. The van der Waals surface area contributed by atoms with Gasteiger partial charge >= 0.3 is 15.4 Å². The number of phosphoric ester groups is 1. The Balaban J connectivity index is 0. The van der Waals surface area contributed by atoms with Crippen molar-refractivity contribution in [2.45, 2.75) is 59.3 Å². The fraction of sp³-hybridized carbons (Fsp3) is 0.478. The summed E-state index contributed by atoms with van der Waals surface area (Å²) in [5.74, 6) is 0. The average Bonchev–Trinajstić information content (AvgIpc) is 2.68. The maximum absolute atomic E-state index is 9.69. The van der Waals surface area contributed by atoms with Crippen LogP contribution in [0.15, 0.2) is 60.7 Å². The minimum absolute atomic E-state index is 0.0625. The predicted octanol–water partition coefficient (Wildman–Crippen LogP) is 5.88. The molecule has 0 aliphatic heterocycles. The molecule has 0 aromatic heterocycles. The van der Waals surface area contributed by atoms with Crippen LogP contribution in [0, 0.1) is 0 Å². The van der Waals surface area contributed by atoms with Gasteiger partial charge in [-0.15, -0.1) is 0 Å². The van der Waals surface area contributed by atoms with Gasteiger partial charge in [0.15, 0.2) is 0 Å². The molecule has 0 heterocycles. The van der Waals surface area contributed by atoms with Crippen LogP contribution >= 0.6 is 15.4 Å². The molecule has 0 fully saturated rings. The zero-order valence-electron chi connectivity index (χ0n) is 20.4. The lowest BCUT2D eigenvalue weighted by molar-refractivity contribution is 0.235. The zero-order chi connectivity index (χ0) is 25.6. The summed E-state index contributed by atoms with van der Waals surface area (Å²) in [5.41, 5.74) is 3.38. The van der Waals surface area contributed by atoms with Gasteiger partial charge in [0.1, 0.15) is 0 Å². The molecule has 0 aliphatic carbocycles. The van der Waals surface area contributed by atoms with E-state index in [4.69, 9.17) is 19.6 Å². The van der Waals surface area contributed by atoms with E-state index < -0.39 is 15.4 Å². The van der Waals surface area contributed by atoms with Crippen LogP contribution in [-0.4, -0.2) is 32.8 Å². The number of hydrogen-bond acceptors (Lipinski definition) is 3. The SMILES string of the molecule is CC(C)(C)c1ccccc1.CC(C)(C)c1ccccc1.CCP(=O)(O)O.COP(=O)(O)O. The van der Waals surface area contributed by atoms with E-state index in [1.807, 2.05) is 0 Å².